The van der Waals surface area contributed by atoms with E-state index in [1.165, 1.54) is 38.6 Å². The normalized spacial score (nSPS) is 11.6. The van der Waals surface area contributed by atoms with Crippen LogP contribution in [0.5, 0.6) is 0 Å². The smallest absolute Gasteiger partial charge is 0.364 e. The number of rotatable bonds is 8. The van der Waals surface area contributed by atoms with Gasteiger partial charge in [-0.25, -0.2) is 22.8 Å². The van der Waals surface area contributed by atoms with Crippen molar-refractivity contribution < 1.29 is 30.8 Å². The van der Waals surface area contributed by atoms with Crippen molar-refractivity contribution in [3.05, 3.63) is 59.4 Å². The maximum atomic E-state index is 14.2. The molecule has 3 aromatic rings. The molecule has 11 nitrogen and oxygen atoms in total. The van der Waals surface area contributed by atoms with Gasteiger partial charge < -0.3 is 16.0 Å². The van der Waals surface area contributed by atoms with Gasteiger partial charge in [0, 0.05) is 38.4 Å². The Morgan fingerprint density at radius 3 is 2.44 bits per heavy atom. The maximum absolute atomic E-state index is 14.2. The van der Waals surface area contributed by atoms with Gasteiger partial charge in [-0.2, -0.15) is 18.2 Å². The Labute approximate surface area is 203 Å². The molecule has 0 atom stereocenters. The van der Waals surface area contributed by atoms with Gasteiger partial charge in [-0.1, -0.05) is 0 Å². The highest BCUT2D eigenvalue weighted by Crippen LogP contribution is 2.34. The fourth-order valence-corrected chi connectivity index (χ4v) is 3.36. The van der Waals surface area contributed by atoms with Crippen LogP contribution in [0.1, 0.15) is 21.6 Å². The third kappa shape index (κ3) is 6.12. The SMILES string of the molecule is CNC(=O)c1ccc(Nc2ncc(C(F)(F)F)c(NCc3nccnc3N(C)S(C)(=O)=O)n2)cc1F. The van der Waals surface area contributed by atoms with Crippen molar-refractivity contribution in [2.45, 2.75) is 12.7 Å². The summed E-state index contributed by atoms with van der Waals surface area (Å²) in [6.07, 6.45) is -0.856. The van der Waals surface area contributed by atoms with Gasteiger partial charge in [0.25, 0.3) is 5.91 Å². The van der Waals surface area contributed by atoms with Crippen molar-refractivity contribution in [2.24, 2.45) is 0 Å². The van der Waals surface area contributed by atoms with Crippen molar-refractivity contribution in [1.29, 1.82) is 0 Å². The number of anilines is 4. The summed E-state index contributed by atoms with van der Waals surface area (Å²) in [7, 11) is -1.15. The van der Waals surface area contributed by atoms with E-state index < -0.39 is 39.3 Å². The third-order valence-corrected chi connectivity index (χ3v) is 5.93. The van der Waals surface area contributed by atoms with Gasteiger partial charge >= 0.3 is 6.18 Å². The molecule has 16 heteroatoms. The highest BCUT2D eigenvalue weighted by atomic mass is 32.2. The highest BCUT2D eigenvalue weighted by molar-refractivity contribution is 7.92. The number of amides is 1. The number of nitrogens with zero attached hydrogens (tertiary/aromatic N) is 5. The first-order chi connectivity index (χ1) is 16.8. The van der Waals surface area contributed by atoms with Crippen LogP contribution in [0.4, 0.5) is 40.8 Å². The van der Waals surface area contributed by atoms with Crippen molar-refractivity contribution in [3.63, 3.8) is 0 Å². The van der Waals surface area contributed by atoms with E-state index in [4.69, 9.17) is 0 Å². The van der Waals surface area contributed by atoms with Gasteiger partial charge in [0.2, 0.25) is 16.0 Å². The summed E-state index contributed by atoms with van der Waals surface area (Å²) < 4.78 is 79.5. The molecule has 2 aromatic heterocycles. The molecule has 0 bridgehead atoms. The zero-order chi connectivity index (χ0) is 26.7. The second kappa shape index (κ2) is 10.3. The number of hydrogen-bond acceptors (Lipinski definition) is 9. The van der Waals surface area contributed by atoms with Crippen LogP contribution in [0.15, 0.2) is 36.8 Å². The average molecular weight is 528 g/mol. The summed E-state index contributed by atoms with van der Waals surface area (Å²) in [4.78, 5) is 27.1. The Hall–Kier alpha value is -4.08. The quantitative estimate of drug-likeness (QED) is 0.376. The minimum Gasteiger partial charge on any atom is -0.364 e. The van der Waals surface area contributed by atoms with E-state index in [2.05, 4.69) is 35.9 Å². The summed E-state index contributed by atoms with van der Waals surface area (Å²) in [6.45, 7) is -0.363. The number of halogens is 4. The minimum absolute atomic E-state index is 0.0403. The second-order valence-corrected chi connectivity index (χ2v) is 9.28. The number of carbonyl (C=O) groups is 1. The summed E-state index contributed by atoms with van der Waals surface area (Å²) in [5.41, 5.74) is -1.30. The van der Waals surface area contributed by atoms with Gasteiger partial charge in [0.1, 0.15) is 22.9 Å². The van der Waals surface area contributed by atoms with Crippen molar-refractivity contribution >= 4 is 39.2 Å². The zero-order valence-corrected chi connectivity index (χ0v) is 19.9. The molecule has 0 aliphatic rings. The maximum Gasteiger partial charge on any atom is 0.421 e. The average Bonchev–Trinajstić information content (AvgIpc) is 2.81. The minimum atomic E-state index is -4.82. The van der Waals surface area contributed by atoms with Crippen LogP contribution in [0.25, 0.3) is 0 Å². The number of sulfonamides is 1. The molecule has 1 amide bonds. The Kier molecular flexibility index (Phi) is 7.57. The van der Waals surface area contributed by atoms with Crippen LogP contribution in [-0.4, -0.2) is 54.6 Å². The van der Waals surface area contributed by atoms with E-state index in [-0.39, 0.29) is 35.3 Å². The lowest BCUT2D eigenvalue weighted by atomic mass is 10.2. The summed E-state index contributed by atoms with van der Waals surface area (Å²) in [5, 5.41) is 7.35. The van der Waals surface area contributed by atoms with E-state index in [1.807, 2.05) is 0 Å². The molecule has 1 aromatic carbocycles. The molecular weight excluding hydrogens is 508 g/mol. The van der Waals surface area contributed by atoms with E-state index in [0.29, 0.717) is 6.20 Å². The van der Waals surface area contributed by atoms with Gasteiger partial charge in [-0.15, -0.1) is 0 Å². The number of hydrogen-bond donors (Lipinski definition) is 3. The Morgan fingerprint density at radius 2 is 1.83 bits per heavy atom. The zero-order valence-electron chi connectivity index (χ0n) is 19.1. The molecule has 3 rings (SSSR count). The third-order valence-electron chi connectivity index (χ3n) is 4.76. The summed E-state index contributed by atoms with van der Waals surface area (Å²) >= 11 is 0. The van der Waals surface area contributed by atoms with Gasteiger partial charge in [0.05, 0.1) is 18.4 Å². The predicted molar refractivity (Wildman–Crippen MR) is 123 cm³/mol. The fraction of sp³-hybridized carbons (Fsp3) is 0.250. The summed E-state index contributed by atoms with van der Waals surface area (Å²) in [5.74, 6) is -2.54. The van der Waals surface area contributed by atoms with E-state index in [1.54, 1.807) is 0 Å². The molecule has 0 saturated heterocycles. The lowest BCUT2D eigenvalue weighted by Gasteiger charge is -2.19. The molecule has 0 fully saturated rings. The first-order valence-electron chi connectivity index (χ1n) is 10.0. The van der Waals surface area contributed by atoms with Crippen LogP contribution in [0.2, 0.25) is 0 Å². The largest absolute Gasteiger partial charge is 0.421 e. The Bertz CT molecular complexity index is 1390. The number of nitrogens with one attached hydrogen (secondary N) is 3. The lowest BCUT2D eigenvalue weighted by Crippen LogP contribution is -2.27. The van der Waals surface area contributed by atoms with Crippen LogP contribution in [-0.2, 0) is 22.7 Å². The first-order valence-corrected chi connectivity index (χ1v) is 11.9. The Balaban J connectivity index is 1.91. The fourth-order valence-electron chi connectivity index (χ4n) is 2.90. The molecule has 3 N–H and O–H groups in total. The number of benzene rings is 1. The van der Waals surface area contributed by atoms with Gasteiger partial charge in [-0.3, -0.25) is 14.1 Å². The number of carbonyl (C=O) groups excluding carboxylic acids is 1. The monoisotopic (exact) mass is 528 g/mol. The van der Waals surface area contributed by atoms with Crippen molar-refractivity contribution in [1.82, 2.24) is 25.3 Å². The molecule has 0 aliphatic heterocycles. The van der Waals surface area contributed by atoms with Crippen LogP contribution in [0, 0.1) is 5.82 Å². The van der Waals surface area contributed by atoms with Crippen LogP contribution >= 0.6 is 0 Å². The predicted octanol–water partition coefficient (Wildman–Crippen LogP) is 2.54. The van der Waals surface area contributed by atoms with Crippen molar-refractivity contribution in [2.75, 3.05) is 35.3 Å². The van der Waals surface area contributed by atoms with E-state index in [0.717, 1.165) is 16.6 Å². The van der Waals surface area contributed by atoms with E-state index >= 15 is 0 Å². The highest BCUT2D eigenvalue weighted by Gasteiger charge is 2.35. The van der Waals surface area contributed by atoms with Crippen LogP contribution in [0.3, 0.4) is 0 Å². The summed E-state index contributed by atoms with van der Waals surface area (Å²) in [6, 6.07) is 3.48. The molecule has 0 saturated carbocycles. The van der Waals surface area contributed by atoms with E-state index in [9.17, 15) is 30.8 Å². The molecular formula is C20H20F4N8O3S. The second-order valence-electron chi connectivity index (χ2n) is 7.26. The number of aromatic nitrogens is 4. The number of alkyl halides is 3. The van der Waals surface area contributed by atoms with Crippen LogP contribution < -0.4 is 20.3 Å². The molecule has 0 unspecified atom stereocenters. The van der Waals surface area contributed by atoms with Gasteiger partial charge in [0.15, 0.2) is 5.82 Å². The first kappa shape index (κ1) is 26.5. The van der Waals surface area contributed by atoms with Crippen molar-refractivity contribution in [3.8, 4) is 0 Å². The standard InChI is InChI=1S/C20H20F4N8O3S/c1-25-18(33)12-5-4-11(8-14(12)21)30-19-29-9-13(20(22,23)24)16(31-19)28-10-15-17(27-7-6-26-15)32(2)36(3,34)35/h4-9H,10H2,1-3H3,(H,25,33)(H2,28,29,30,31). The molecule has 0 radical (unpaired) electrons. The molecule has 192 valence electrons. The van der Waals surface area contributed by atoms with Gasteiger partial charge in [-0.05, 0) is 18.2 Å². The Morgan fingerprint density at radius 1 is 1.14 bits per heavy atom. The topological polar surface area (TPSA) is 142 Å². The lowest BCUT2D eigenvalue weighted by molar-refractivity contribution is -0.137. The molecule has 0 spiro atoms. The molecule has 2 heterocycles. The molecule has 36 heavy (non-hydrogen) atoms. The molecule has 0 aliphatic carbocycles.